The molecule has 0 aromatic rings. The summed E-state index contributed by atoms with van der Waals surface area (Å²) in [4.78, 5) is 0. The van der Waals surface area contributed by atoms with Crippen molar-refractivity contribution < 1.29 is 9.13 Å². The Morgan fingerprint density at radius 2 is 2.40 bits per heavy atom. The monoisotopic (exact) mass is 147 g/mol. The minimum absolute atomic E-state index is 0.0914. The van der Waals surface area contributed by atoms with Crippen LogP contribution in [0.2, 0.25) is 0 Å². The summed E-state index contributed by atoms with van der Waals surface area (Å²) < 4.78 is 17.2. The smallest absolute Gasteiger partial charge is 0.0919 e. The summed E-state index contributed by atoms with van der Waals surface area (Å²) in [5.41, 5.74) is 0. The Balaban J connectivity index is 2.18. The van der Waals surface area contributed by atoms with Gasteiger partial charge in [0.25, 0.3) is 0 Å². The highest BCUT2D eigenvalue weighted by atomic mass is 19.1. The second-order valence-corrected chi connectivity index (χ2v) is 2.70. The van der Waals surface area contributed by atoms with Gasteiger partial charge in [0.05, 0.1) is 18.9 Å². The van der Waals surface area contributed by atoms with Gasteiger partial charge in [0, 0.05) is 19.5 Å². The molecular formula is C7H14FNO. The topological polar surface area (TPSA) is 21.3 Å². The summed E-state index contributed by atoms with van der Waals surface area (Å²) in [7, 11) is 0. The molecule has 10 heavy (non-hydrogen) atoms. The Labute approximate surface area is 60.8 Å². The van der Waals surface area contributed by atoms with Gasteiger partial charge in [0.2, 0.25) is 0 Å². The van der Waals surface area contributed by atoms with Gasteiger partial charge >= 0.3 is 0 Å². The van der Waals surface area contributed by atoms with E-state index < -0.39 is 0 Å². The molecule has 0 aromatic carbocycles. The molecule has 2 nitrogen and oxygen atoms in total. The lowest BCUT2D eigenvalue weighted by atomic mass is 10.2. The normalized spacial score (nSPS) is 34.2. The first-order valence-corrected chi connectivity index (χ1v) is 3.75. The maximum absolute atomic E-state index is 11.8. The Morgan fingerprint density at radius 1 is 1.60 bits per heavy atom. The molecule has 60 valence electrons. The van der Waals surface area contributed by atoms with E-state index in [0.717, 1.165) is 13.1 Å². The van der Waals surface area contributed by atoms with Crippen LogP contribution >= 0.6 is 0 Å². The van der Waals surface area contributed by atoms with Gasteiger partial charge in [-0.05, 0) is 6.92 Å². The van der Waals surface area contributed by atoms with E-state index in [0.29, 0.717) is 6.42 Å². The van der Waals surface area contributed by atoms with Crippen LogP contribution < -0.4 is 5.32 Å². The number of alkyl halides is 1. The summed E-state index contributed by atoms with van der Waals surface area (Å²) in [5, 5.41) is 3.18. The average Bonchev–Trinajstić information content (AvgIpc) is 1.88. The molecule has 1 fully saturated rings. The van der Waals surface area contributed by atoms with Crippen molar-refractivity contribution in [3.05, 3.63) is 0 Å². The van der Waals surface area contributed by atoms with Gasteiger partial charge in [-0.25, -0.2) is 0 Å². The summed E-state index contributed by atoms with van der Waals surface area (Å²) in [5.74, 6) is 0. The van der Waals surface area contributed by atoms with Crippen molar-refractivity contribution >= 4 is 0 Å². The minimum Gasteiger partial charge on any atom is -0.373 e. The number of halogens is 1. The lowest BCUT2D eigenvalue weighted by molar-refractivity contribution is -0.0331. The first-order valence-electron chi connectivity index (χ1n) is 3.75. The highest BCUT2D eigenvalue weighted by Crippen LogP contribution is 2.06. The molecule has 1 rings (SSSR count). The predicted molar refractivity (Wildman–Crippen MR) is 37.8 cm³/mol. The van der Waals surface area contributed by atoms with Gasteiger partial charge < -0.3 is 10.1 Å². The van der Waals surface area contributed by atoms with Crippen LogP contribution in [0.25, 0.3) is 0 Å². The van der Waals surface area contributed by atoms with Crippen molar-refractivity contribution in [2.75, 3.05) is 19.8 Å². The molecule has 0 aromatic heterocycles. The molecule has 1 aliphatic rings. The highest BCUT2D eigenvalue weighted by Gasteiger charge is 2.17. The zero-order valence-corrected chi connectivity index (χ0v) is 6.27. The van der Waals surface area contributed by atoms with E-state index >= 15 is 0 Å². The SMILES string of the molecule is C[C@H]1CNC[C@H](CCF)O1. The summed E-state index contributed by atoms with van der Waals surface area (Å²) >= 11 is 0. The van der Waals surface area contributed by atoms with E-state index in [-0.39, 0.29) is 18.9 Å². The molecule has 1 saturated heterocycles. The third kappa shape index (κ3) is 2.23. The number of ether oxygens (including phenoxy) is 1. The minimum atomic E-state index is -0.279. The van der Waals surface area contributed by atoms with E-state index in [4.69, 9.17) is 4.74 Å². The lowest BCUT2D eigenvalue weighted by Crippen LogP contribution is -2.43. The fourth-order valence-corrected chi connectivity index (χ4v) is 1.16. The van der Waals surface area contributed by atoms with Crippen LogP contribution in [-0.4, -0.2) is 32.0 Å². The van der Waals surface area contributed by atoms with Crippen molar-refractivity contribution in [2.45, 2.75) is 25.6 Å². The number of rotatable bonds is 2. The van der Waals surface area contributed by atoms with Crippen LogP contribution in [-0.2, 0) is 4.74 Å². The summed E-state index contributed by atoms with van der Waals surface area (Å²) in [6.07, 6.45) is 0.858. The van der Waals surface area contributed by atoms with E-state index in [1.54, 1.807) is 0 Å². The highest BCUT2D eigenvalue weighted by molar-refractivity contribution is 4.70. The van der Waals surface area contributed by atoms with Crippen LogP contribution in [0.5, 0.6) is 0 Å². The molecular weight excluding hydrogens is 133 g/mol. The van der Waals surface area contributed by atoms with E-state index in [2.05, 4.69) is 5.32 Å². The van der Waals surface area contributed by atoms with Crippen molar-refractivity contribution in [1.29, 1.82) is 0 Å². The maximum Gasteiger partial charge on any atom is 0.0919 e. The molecule has 1 heterocycles. The molecule has 0 spiro atoms. The molecule has 2 atom stereocenters. The van der Waals surface area contributed by atoms with Crippen molar-refractivity contribution in [1.82, 2.24) is 5.32 Å². The molecule has 3 heteroatoms. The summed E-state index contributed by atoms with van der Waals surface area (Å²) in [6.45, 7) is 3.41. The predicted octanol–water partition coefficient (Wildman–Crippen LogP) is 0.723. The van der Waals surface area contributed by atoms with Gasteiger partial charge in [-0.1, -0.05) is 0 Å². The van der Waals surface area contributed by atoms with Crippen molar-refractivity contribution in [3.8, 4) is 0 Å². The number of nitrogens with one attached hydrogen (secondary N) is 1. The number of hydrogen-bond donors (Lipinski definition) is 1. The second kappa shape index (κ2) is 3.88. The third-order valence-corrected chi connectivity index (χ3v) is 1.66. The van der Waals surface area contributed by atoms with Gasteiger partial charge in [-0.3, -0.25) is 4.39 Å². The Hall–Kier alpha value is -0.150. The molecule has 0 amide bonds. The molecule has 0 bridgehead atoms. The van der Waals surface area contributed by atoms with Gasteiger partial charge in [0.1, 0.15) is 0 Å². The fraction of sp³-hybridized carbons (Fsp3) is 1.00. The molecule has 0 aliphatic carbocycles. The first-order chi connectivity index (χ1) is 4.83. The van der Waals surface area contributed by atoms with Crippen LogP contribution in [0.4, 0.5) is 4.39 Å². The van der Waals surface area contributed by atoms with E-state index in [1.165, 1.54) is 0 Å². The van der Waals surface area contributed by atoms with Crippen molar-refractivity contribution in [3.63, 3.8) is 0 Å². The molecule has 0 saturated carbocycles. The fourth-order valence-electron chi connectivity index (χ4n) is 1.16. The Bertz CT molecular complexity index is 97.6. The number of hydrogen-bond acceptors (Lipinski definition) is 2. The van der Waals surface area contributed by atoms with E-state index in [1.807, 2.05) is 6.92 Å². The first kappa shape index (κ1) is 7.95. The molecule has 1 N–H and O–H groups in total. The zero-order valence-electron chi connectivity index (χ0n) is 6.27. The van der Waals surface area contributed by atoms with Gasteiger partial charge in [0.15, 0.2) is 0 Å². The van der Waals surface area contributed by atoms with Crippen LogP contribution in [0.3, 0.4) is 0 Å². The van der Waals surface area contributed by atoms with Crippen LogP contribution in [0.15, 0.2) is 0 Å². The quantitative estimate of drug-likeness (QED) is 0.621. The molecule has 1 aliphatic heterocycles. The molecule has 0 unspecified atom stereocenters. The third-order valence-electron chi connectivity index (χ3n) is 1.66. The summed E-state index contributed by atoms with van der Waals surface area (Å²) in [6, 6.07) is 0. The standard InChI is InChI=1S/C7H14FNO/c1-6-4-9-5-7(10-6)2-3-8/h6-7,9H,2-5H2,1H3/t6-,7-/m0/s1. The number of morpholine rings is 1. The average molecular weight is 147 g/mol. The van der Waals surface area contributed by atoms with Crippen LogP contribution in [0, 0.1) is 0 Å². The largest absolute Gasteiger partial charge is 0.373 e. The van der Waals surface area contributed by atoms with Gasteiger partial charge in [-0.15, -0.1) is 0 Å². The second-order valence-electron chi connectivity index (χ2n) is 2.70. The van der Waals surface area contributed by atoms with Crippen molar-refractivity contribution in [2.24, 2.45) is 0 Å². The lowest BCUT2D eigenvalue weighted by Gasteiger charge is -2.27. The van der Waals surface area contributed by atoms with E-state index in [9.17, 15) is 4.39 Å². The molecule has 0 radical (unpaired) electrons. The van der Waals surface area contributed by atoms with Gasteiger partial charge in [-0.2, -0.15) is 0 Å². The Morgan fingerprint density at radius 3 is 3.00 bits per heavy atom. The zero-order chi connectivity index (χ0) is 7.40. The van der Waals surface area contributed by atoms with Crippen LogP contribution in [0.1, 0.15) is 13.3 Å². The maximum atomic E-state index is 11.8. The Kier molecular flexibility index (Phi) is 3.09.